The third kappa shape index (κ3) is 2.21. The summed E-state index contributed by atoms with van der Waals surface area (Å²) in [4.78, 5) is 11.7. The van der Waals surface area contributed by atoms with Crippen LogP contribution in [-0.2, 0) is 0 Å². The maximum absolute atomic E-state index is 11.7. The number of para-hydroxylation sites is 1. The first-order chi connectivity index (χ1) is 7.68. The molecule has 0 saturated heterocycles. The third-order valence-electron chi connectivity index (χ3n) is 1.95. The van der Waals surface area contributed by atoms with Gasteiger partial charge in [0.25, 0.3) is 5.91 Å². The lowest BCUT2D eigenvalue weighted by molar-refractivity contribution is 0.0996. The van der Waals surface area contributed by atoms with Gasteiger partial charge in [-0.25, -0.2) is 0 Å². The molecule has 0 radical (unpaired) electrons. The molecule has 1 aromatic carbocycles. The SMILES string of the molecule is O=C(Nc1c(Cl)cccc1Cl)c1ccco1. The van der Waals surface area contributed by atoms with Crippen LogP contribution in [0.25, 0.3) is 0 Å². The Labute approximate surface area is 102 Å². The average Bonchev–Trinajstić information content (AvgIpc) is 2.76. The summed E-state index contributed by atoms with van der Waals surface area (Å²) in [6.45, 7) is 0. The number of halogens is 2. The van der Waals surface area contributed by atoms with Crippen LogP contribution in [0.4, 0.5) is 5.69 Å². The van der Waals surface area contributed by atoms with E-state index in [-0.39, 0.29) is 11.7 Å². The standard InChI is InChI=1S/C11H7Cl2NO2/c12-7-3-1-4-8(13)10(7)14-11(15)9-5-2-6-16-9/h1-6H,(H,14,15). The Kier molecular flexibility index (Phi) is 3.17. The van der Waals surface area contributed by atoms with Crippen molar-refractivity contribution in [1.29, 1.82) is 0 Å². The molecule has 82 valence electrons. The van der Waals surface area contributed by atoms with E-state index in [0.717, 1.165) is 0 Å². The van der Waals surface area contributed by atoms with Crippen LogP contribution in [0.15, 0.2) is 41.0 Å². The second kappa shape index (κ2) is 4.60. The van der Waals surface area contributed by atoms with Crippen molar-refractivity contribution < 1.29 is 9.21 Å². The van der Waals surface area contributed by atoms with Crippen molar-refractivity contribution in [1.82, 2.24) is 0 Å². The van der Waals surface area contributed by atoms with Crippen LogP contribution in [0, 0.1) is 0 Å². The van der Waals surface area contributed by atoms with Crippen molar-refractivity contribution in [3.8, 4) is 0 Å². The molecule has 1 heterocycles. The molecule has 2 aromatic rings. The smallest absolute Gasteiger partial charge is 0.291 e. The zero-order valence-corrected chi connectivity index (χ0v) is 9.55. The Morgan fingerprint density at radius 3 is 2.38 bits per heavy atom. The van der Waals surface area contributed by atoms with Gasteiger partial charge in [0, 0.05) is 0 Å². The summed E-state index contributed by atoms with van der Waals surface area (Å²) >= 11 is 11.8. The fourth-order valence-electron chi connectivity index (χ4n) is 1.20. The summed E-state index contributed by atoms with van der Waals surface area (Å²) in [5.74, 6) is -0.184. The van der Waals surface area contributed by atoms with Crippen molar-refractivity contribution in [3.63, 3.8) is 0 Å². The maximum atomic E-state index is 11.7. The number of hydrogen-bond donors (Lipinski definition) is 1. The van der Waals surface area contributed by atoms with Crippen molar-refractivity contribution in [2.75, 3.05) is 5.32 Å². The minimum Gasteiger partial charge on any atom is -0.459 e. The second-order valence-corrected chi connectivity index (χ2v) is 3.84. The van der Waals surface area contributed by atoms with Crippen LogP contribution in [0.1, 0.15) is 10.6 Å². The molecule has 0 saturated carbocycles. The van der Waals surface area contributed by atoms with Gasteiger partial charge in [0.05, 0.1) is 22.0 Å². The summed E-state index contributed by atoms with van der Waals surface area (Å²) in [5.41, 5.74) is 0.382. The van der Waals surface area contributed by atoms with E-state index >= 15 is 0 Å². The Morgan fingerprint density at radius 1 is 1.12 bits per heavy atom. The fourth-order valence-corrected chi connectivity index (χ4v) is 1.69. The van der Waals surface area contributed by atoms with Crippen LogP contribution in [0.3, 0.4) is 0 Å². The highest BCUT2D eigenvalue weighted by molar-refractivity contribution is 6.39. The third-order valence-corrected chi connectivity index (χ3v) is 2.58. The summed E-state index contributed by atoms with van der Waals surface area (Å²) in [5, 5.41) is 3.35. The van der Waals surface area contributed by atoms with Gasteiger partial charge < -0.3 is 9.73 Å². The van der Waals surface area contributed by atoms with Gasteiger partial charge in [-0.15, -0.1) is 0 Å². The Balaban J connectivity index is 2.25. The first-order valence-corrected chi connectivity index (χ1v) is 5.23. The zero-order chi connectivity index (χ0) is 11.5. The number of amides is 1. The van der Waals surface area contributed by atoms with Gasteiger partial charge in [-0.2, -0.15) is 0 Å². The topological polar surface area (TPSA) is 42.2 Å². The van der Waals surface area contributed by atoms with Crippen LogP contribution < -0.4 is 5.32 Å². The second-order valence-electron chi connectivity index (χ2n) is 3.03. The lowest BCUT2D eigenvalue weighted by Crippen LogP contribution is -2.11. The van der Waals surface area contributed by atoms with Crippen LogP contribution in [0.2, 0.25) is 10.0 Å². The number of carbonyl (C=O) groups excluding carboxylic acids is 1. The number of carbonyl (C=O) groups is 1. The number of nitrogens with one attached hydrogen (secondary N) is 1. The number of anilines is 1. The van der Waals surface area contributed by atoms with E-state index in [1.54, 1.807) is 30.3 Å². The van der Waals surface area contributed by atoms with E-state index in [4.69, 9.17) is 27.6 Å². The monoisotopic (exact) mass is 255 g/mol. The lowest BCUT2D eigenvalue weighted by atomic mass is 10.3. The van der Waals surface area contributed by atoms with E-state index in [0.29, 0.717) is 15.7 Å². The molecule has 16 heavy (non-hydrogen) atoms. The zero-order valence-electron chi connectivity index (χ0n) is 8.04. The minimum absolute atomic E-state index is 0.205. The molecular weight excluding hydrogens is 249 g/mol. The number of rotatable bonds is 2. The van der Waals surface area contributed by atoms with Crippen LogP contribution >= 0.6 is 23.2 Å². The summed E-state index contributed by atoms with van der Waals surface area (Å²) in [7, 11) is 0. The van der Waals surface area contributed by atoms with Gasteiger partial charge in [-0.05, 0) is 24.3 Å². The predicted molar refractivity (Wildman–Crippen MR) is 63.1 cm³/mol. The summed E-state index contributed by atoms with van der Waals surface area (Å²) in [6, 6.07) is 8.17. The molecule has 1 amide bonds. The lowest BCUT2D eigenvalue weighted by Gasteiger charge is -2.07. The predicted octanol–water partition coefficient (Wildman–Crippen LogP) is 3.84. The molecule has 1 N–H and O–H groups in total. The molecule has 0 bridgehead atoms. The van der Waals surface area contributed by atoms with Gasteiger partial charge in [-0.3, -0.25) is 4.79 Å². The van der Waals surface area contributed by atoms with Crippen molar-refractivity contribution in [2.45, 2.75) is 0 Å². The van der Waals surface area contributed by atoms with E-state index < -0.39 is 0 Å². The molecule has 0 atom stereocenters. The number of furan rings is 1. The molecule has 0 unspecified atom stereocenters. The van der Waals surface area contributed by atoms with Gasteiger partial charge >= 0.3 is 0 Å². The van der Waals surface area contributed by atoms with Gasteiger partial charge in [-0.1, -0.05) is 29.3 Å². The normalized spacial score (nSPS) is 10.1. The molecule has 0 aliphatic rings. The molecule has 3 nitrogen and oxygen atoms in total. The molecule has 2 rings (SSSR count). The Morgan fingerprint density at radius 2 is 1.81 bits per heavy atom. The van der Waals surface area contributed by atoms with Crippen LogP contribution in [0.5, 0.6) is 0 Å². The quantitative estimate of drug-likeness (QED) is 0.886. The largest absolute Gasteiger partial charge is 0.459 e. The van der Waals surface area contributed by atoms with Crippen LogP contribution in [-0.4, -0.2) is 5.91 Å². The molecule has 5 heteroatoms. The number of benzene rings is 1. The first kappa shape index (κ1) is 11.0. The Bertz CT molecular complexity index is 488. The van der Waals surface area contributed by atoms with E-state index in [2.05, 4.69) is 5.32 Å². The molecule has 1 aromatic heterocycles. The van der Waals surface area contributed by atoms with E-state index in [1.807, 2.05) is 0 Å². The van der Waals surface area contributed by atoms with Gasteiger partial charge in [0.2, 0.25) is 0 Å². The first-order valence-electron chi connectivity index (χ1n) is 4.47. The maximum Gasteiger partial charge on any atom is 0.291 e. The summed E-state index contributed by atoms with van der Waals surface area (Å²) < 4.78 is 4.95. The van der Waals surface area contributed by atoms with Crippen molar-refractivity contribution in [3.05, 3.63) is 52.4 Å². The summed E-state index contributed by atoms with van der Waals surface area (Å²) in [6.07, 6.45) is 1.42. The Hall–Kier alpha value is -1.45. The van der Waals surface area contributed by atoms with E-state index in [1.165, 1.54) is 6.26 Å². The average molecular weight is 256 g/mol. The molecule has 0 aliphatic carbocycles. The van der Waals surface area contributed by atoms with E-state index in [9.17, 15) is 4.79 Å². The highest BCUT2D eigenvalue weighted by Crippen LogP contribution is 2.30. The van der Waals surface area contributed by atoms with Gasteiger partial charge in [0.15, 0.2) is 5.76 Å². The minimum atomic E-state index is -0.389. The highest BCUT2D eigenvalue weighted by atomic mass is 35.5. The van der Waals surface area contributed by atoms with Gasteiger partial charge in [0.1, 0.15) is 0 Å². The molecule has 0 aliphatic heterocycles. The highest BCUT2D eigenvalue weighted by Gasteiger charge is 2.12. The molecule has 0 spiro atoms. The molecule has 0 fully saturated rings. The number of hydrogen-bond acceptors (Lipinski definition) is 2. The van der Waals surface area contributed by atoms with Crippen molar-refractivity contribution in [2.24, 2.45) is 0 Å². The fraction of sp³-hybridized carbons (Fsp3) is 0. The van der Waals surface area contributed by atoms with Crippen molar-refractivity contribution >= 4 is 34.8 Å². The molecular formula is C11H7Cl2NO2.